The first kappa shape index (κ1) is 13.1. The predicted molar refractivity (Wildman–Crippen MR) is 74.4 cm³/mol. The van der Waals surface area contributed by atoms with Crippen LogP contribution in [-0.2, 0) is 22.7 Å². The monoisotopic (exact) mass is 325 g/mol. The van der Waals surface area contributed by atoms with Crippen molar-refractivity contribution in [2.45, 2.75) is 19.3 Å². The number of morpholine rings is 1. The highest BCUT2D eigenvalue weighted by Gasteiger charge is 2.25. The van der Waals surface area contributed by atoms with Crippen LogP contribution in [0.1, 0.15) is 21.5 Å². The Bertz CT molecular complexity index is 492. The first-order valence-corrected chi connectivity index (χ1v) is 7.56. The van der Waals surface area contributed by atoms with Gasteiger partial charge in [0.15, 0.2) is 0 Å². The predicted octanol–water partition coefficient (Wildman–Crippen LogP) is 1.95. The van der Waals surface area contributed by atoms with E-state index in [1.165, 1.54) is 5.56 Å². The maximum atomic E-state index is 12.5. The van der Waals surface area contributed by atoms with Gasteiger partial charge in [0.2, 0.25) is 0 Å². The second kappa shape index (κ2) is 5.61. The van der Waals surface area contributed by atoms with Gasteiger partial charge in [-0.3, -0.25) is 4.79 Å². The van der Waals surface area contributed by atoms with Gasteiger partial charge >= 0.3 is 0 Å². The molecule has 1 atom stereocenters. The third-order valence-corrected chi connectivity index (χ3v) is 4.29. The second-order valence-electron chi connectivity index (χ2n) is 4.87. The normalized spacial score (nSPS) is 22.4. The lowest BCUT2D eigenvalue weighted by Gasteiger charge is -2.32. The number of amides is 1. The minimum Gasteiger partial charge on any atom is -0.374 e. The maximum Gasteiger partial charge on any atom is 0.254 e. The van der Waals surface area contributed by atoms with Crippen LogP contribution in [0.15, 0.2) is 18.2 Å². The molecule has 0 radical (unpaired) electrons. The Morgan fingerprint density at radius 3 is 3.05 bits per heavy atom. The summed E-state index contributed by atoms with van der Waals surface area (Å²) in [5.74, 6) is 0.0870. The maximum absolute atomic E-state index is 12.5. The van der Waals surface area contributed by atoms with Crippen LogP contribution in [0, 0.1) is 0 Å². The lowest BCUT2D eigenvalue weighted by molar-refractivity contribution is -0.00965. The van der Waals surface area contributed by atoms with Gasteiger partial charge in [0.1, 0.15) is 0 Å². The van der Waals surface area contributed by atoms with Crippen LogP contribution in [0.5, 0.6) is 0 Å². The topological polar surface area (TPSA) is 38.8 Å². The highest BCUT2D eigenvalue weighted by atomic mass is 79.9. The van der Waals surface area contributed by atoms with Crippen LogP contribution in [0.4, 0.5) is 0 Å². The zero-order chi connectivity index (χ0) is 13.2. The molecule has 102 valence electrons. The van der Waals surface area contributed by atoms with Gasteiger partial charge in [-0.2, -0.15) is 0 Å². The molecule has 1 saturated heterocycles. The SMILES string of the molecule is O=C(c1ccc2c(c1)COC2)N1CCOC(CBr)C1. The van der Waals surface area contributed by atoms with E-state index in [1.807, 2.05) is 23.1 Å². The fourth-order valence-electron chi connectivity index (χ4n) is 2.48. The lowest BCUT2D eigenvalue weighted by Crippen LogP contribution is -2.46. The zero-order valence-electron chi connectivity index (χ0n) is 10.6. The van der Waals surface area contributed by atoms with Crippen LogP contribution in [0.25, 0.3) is 0 Å². The largest absolute Gasteiger partial charge is 0.374 e. The summed E-state index contributed by atoms with van der Waals surface area (Å²) in [5.41, 5.74) is 3.08. The van der Waals surface area contributed by atoms with E-state index in [9.17, 15) is 4.79 Å². The van der Waals surface area contributed by atoms with Gasteiger partial charge in [-0.1, -0.05) is 22.0 Å². The summed E-state index contributed by atoms with van der Waals surface area (Å²) >= 11 is 3.40. The summed E-state index contributed by atoms with van der Waals surface area (Å²) in [6.45, 7) is 3.19. The fourth-order valence-corrected chi connectivity index (χ4v) is 2.88. The number of carbonyl (C=O) groups excluding carboxylic acids is 1. The number of fused-ring (bicyclic) bond motifs is 1. The molecule has 1 aromatic rings. The molecule has 0 bridgehead atoms. The number of alkyl halides is 1. The van der Waals surface area contributed by atoms with Crippen molar-refractivity contribution in [3.63, 3.8) is 0 Å². The van der Waals surface area contributed by atoms with E-state index in [0.29, 0.717) is 32.9 Å². The quantitative estimate of drug-likeness (QED) is 0.780. The molecule has 0 aromatic heterocycles. The van der Waals surface area contributed by atoms with Crippen molar-refractivity contribution in [1.29, 1.82) is 0 Å². The molecule has 1 fully saturated rings. The van der Waals surface area contributed by atoms with E-state index < -0.39 is 0 Å². The van der Waals surface area contributed by atoms with Crippen molar-refractivity contribution >= 4 is 21.8 Å². The van der Waals surface area contributed by atoms with E-state index in [2.05, 4.69) is 15.9 Å². The summed E-state index contributed by atoms with van der Waals surface area (Å²) in [6, 6.07) is 5.86. The van der Waals surface area contributed by atoms with Gasteiger partial charge in [0.05, 0.1) is 25.9 Å². The molecule has 4 nitrogen and oxygen atoms in total. The van der Waals surface area contributed by atoms with Gasteiger partial charge in [-0.15, -0.1) is 0 Å². The molecule has 0 saturated carbocycles. The standard InChI is InChI=1S/C14H16BrNO3/c15-6-13-7-16(3-4-19-13)14(17)10-1-2-11-8-18-9-12(11)5-10/h1-2,5,13H,3-4,6-9H2. The van der Waals surface area contributed by atoms with Crippen molar-refractivity contribution in [1.82, 2.24) is 4.90 Å². The number of ether oxygens (including phenoxy) is 2. The van der Waals surface area contributed by atoms with Crippen molar-refractivity contribution in [3.8, 4) is 0 Å². The molecule has 2 heterocycles. The molecular weight excluding hydrogens is 310 g/mol. The summed E-state index contributed by atoms with van der Waals surface area (Å²) < 4.78 is 10.9. The van der Waals surface area contributed by atoms with Crippen molar-refractivity contribution < 1.29 is 14.3 Å². The van der Waals surface area contributed by atoms with Crippen LogP contribution in [0.2, 0.25) is 0 Å². The van der Waals surface area contributed by atoms with E-state index >= 15 is 0 Å². The Hall–Kier alpha value is -0.910. The van der Waals surface area contributed by atoms with E-state index in [-0.39, 0.29) is 12.0 Å². The van der Waals surface area contributed by atoms with Crippen LogP contribution in [0.3, 0.4) is 0 Å². The molecule has 1 aromatic carbocycles. The molecule has 1 unspecified atom stereocenters. The molecular formula is C14H16BrNO3. The molecule has 2 aliphatic rings. The number of hydrogen-bond donors (Lipinski definition) is 0. The molecule has 0 N–H and O–H groups in total. The van der Waals surface area contributed by atoms with Crippen LogP contribution < -0.4 is 0 Å². The highest BCUT2D eigenvalue weighted by molar-refractivity contribution is 9.09. The Kier molecular flexibility index (Phi) is 3.86. The molecule has 3 rings (SSSR count). The molecule has 1 amide bonds. The fraction of sp³-hybridized carbons (Fsp3) is 0.500. The van der Waals surface area contributed by atoms with E-state index in [1.54, 1.807) is 0 Å². The number of halogens is 1. The summed E-state index contributed by atoms with van der Waals surface area (Å²) in [4.78, 5) is 14.3. The molecule has 5 heteroatoms. The van der Waals surface area contributed by atoms with E-state index in [4.69, 9.17) is 9.47 Å². The Labute approximate surface area is 120 Å². The van der Waals surface area contributed by atoms with Gasteiger partial charge in [0, 0.05) is 24.0 Å². The number of benzene rings is 1. The smallest absolute Gasteiger partial charge is 0.254 e. The third kappa shape index (κ3) is 2.68. The van der Waals surface area contributed by atoms with Crippen molar-refractivity contribution in [2.75, 3.05) is 25.0 Å². The van der Waals surface area contributed by atoms with Gasteiger partial charge in [-0.05, 0) is 23.3 Å². The van der Waals surface area contributed by atoms with Gasteiger partial charge < -0.3 is 14.4 Å². The minimum atomic E-state index is 0.0870. The third-order valence-electron chi connectivity index (χ3n) is 3.57. The summed E-state index contributed by atoms with van der Waals surface area (Å²) in [6.07, 6.45) is 0.0930. The van der Waals surface area contributed by atoms with E-state index in [0.717, 1.165) is 16.5 Å². The average molecular weight is 326 g/mol. The molecule has 0 spiro atoms. The van der Waals surface area contributed by atoms with Gasteiger partial charge in [0.25, 0.3) is 5.91 Å². The van der Waals surface area contributed by atoms with Crippen LogP contribution >= 0.6 is 15.9 Å². The first-order chi connectivity index (χ1) is 9.28. The number of carbonyl (C=O) groups is 1. The van der Waals surface area contributed by atoms with Crippen molar-refractivity contribution in [3.05, 3.63) is 34.9 Å². The number of rotatable bonds is 2. The number of nitrogens with zero attached hydrogens (tertiary/aromatic N) is 1. The highest BCUT2D eigenvalue weighted by Crippen LogP contribution is 2.22. The Morgan fingerprint density at radius 2 is 2.21 bits per heavy atom. The summed E-state index contributed by atoms with van der Waals surface area (Å²) in [7, 11) is 0. The second-order valence-corrected chi connectivity index (χ2v) is 5.52. The van der Waals surface area contributed by atoms with Gasteiger partial charge in [-0.25, -0.2) is 0 Å². The molecule has 2 aliphatic heterocycles. The Balaban J connectivity index is 1.76. The first-order valence-electron chi connectivity index (χ1n) is 6.44. The minimum absolute atomic E-state index is 0.0870. The van der Waals surface area contributed by atoms with Crippen molar-refractivity contribution in [2.24, 2.45) is 0 Å². The number of hydrogen-bond acceptors (Lipinski definition) is 3. The molecule has 19 heavy (non-hydrogen) atoms. The zero-order valence-corrected chi connectivity index (χ0v) is 12.2. The summed E-state index contributed by atoms with van der Waals surface area (Å²) in [5, 5.41) is 0.759. The lowest BCUT2D eigenvalue weighted by atomic mass is 10.1. The molecule has 0 aliphatic carbocycles. The Morgan fingerprint density at radius 1 is 1.37 bits per heavy atom. The van der Waals surface area contributed by atoms with Crippen LogP contribution in [-0.4, -0.2) is 41.9 Å². The average Bonchev–Trinajstić information content (AvgIpc) is 2.94.